The van der Waals surface area contributed by atoms with Gasteiger partial charge in [-0.25, -0.2) is 0 Å². The second-order valence-electron chi connectivity index (χ2n) is 6.66. The Labute approximate surface area is 154 Å². The van der Waals surface area contributed by atoms with Gasteiger partial charge >= 0.3 is 0 Å². The van der Waals surface area contributed by atoms with Crippen LogP contribution in [0.5, 0.6) is 0 Å². The van der Waals surface area contributed by atoms with Gasteiger partial charge in [0, 0.05) is 12.2 Å². The van der Waals surface area contributed by atoms with E-state index in [4.69, 9.17) is 0 Å². The molecule has 0 saturated heterocycles. The normalized spacial score (nSPS) is 19.0. The van der Waals surface area contributed by atoms with Crippen LogP contribution in [0.3, 0.4) is 0 Å². The second-order valence-corrected chi connectivity index (χ2v) is 6.66. The van der Waals surface area contributed by atoms with Gasteiger partial charge in [-0.15, -0.1) is 0 Å². The van der Waals surface area contributed by atoms with E-state index in [-0.39, 0.29) is 23.7 Å². The van der Waals surface area contributed by atoms with Crippen LogP contribution in [-0.2, 0) is 16.1 Å². The number of amides is 2. The van der Waals surface area contributed by atoms with E-state index in [0.717, 1.165) is 16.8 Å². The molecule has 0 aromatic heterocycles. The van der Waals surface area contributed by atoms with Crippen molar-refractivity contribution in [3.63, 3.8) is 0 Å². The standard InChI is InChI=1S/C22H24N2O2/c1-16-9-5-8-14-20(16)24-22(26)19-13-7-6-12-18(19)21(25)23-15-17-10-3-2-4-11-17/h2-11,14,18-19H,12-13,15H2,1H3,(H,23,25)(H,24,26). The Balaban J connectivity index is 1.65. The zero-order valence-corrected chi connectivity index (χ0v) is 14.9. The van der Waals surface area contributed by atoms with Gasteiger partial charge in [-0.1, -0.05) is 60.7 Å². The maximum Gasteiger partial charge on any atom is 0.228 e. The molecule has 4 heteroatoms. The molecule has 2 aromatic rings. The Morgan fingerprint density at radius 1 is 0.885 bits per heavy atom. The Bertz CT molecular complexity index is 799. The zero-order valence-electron chi connectivity index (χ0n) is 14.9. The maximum absolute atomic E-state index is 12.8. The molecule has 134 valence electrons. The number of benzene rings is 2. The molecule has 2 aromatic carbocycles. The van der Waals surface area contributed by atoms with Crippen LogP contribution >= 0.6 is 0 Å². The number of hydrogen-bond acceptors (Lipinski definition) is 2. The topological polar surface area (TPSA) is 58.2 Å². The first-order valence-corrected chi connectivity index (χ1v) is 8.98. The summed E-state index contributed by atoms with van der Waals surface area (Å²) in [5, 5.41) is 5.96. The van der Waals surface area contributed by atoms with E-state index in [9.17, 15) is 9.59 Å². The number of rotatable bonds is 5. The molecular weight excluding hydrogens is 324 g/mol. The summed E-state index contributed by atoms with van der Waals surface area (Å²) in [5.74, 6) is -0.852. The predicted octanol–water partition coefficient (Wildman–Crippen LogP) is 3.83. The first-order chi connectivity index (χ1) is 12.6. The summed E-state index contributed by atoms with van der Waals surface area (Å²) in [6.07, 6.45) is 5.15. The smallest absolute Gasteiger partial charge is 0.228 e. The molecule has 2 atom stereocenters. The molecular formula is C22H24N2O2. The first-order valence-electron chi connectivity index (χ1n) is 8.98. The Morgan fingerprint density at radius 2 is 1.50 bits per heavy atom. The second kappa shape index (κ2) is 8.48. The van der Waals surface area contributed by atoms with E-state index in [2.05, 4.69) is 10.6 Å². The van der Waals surface area contributed by atoms with E-state index >= 15 is 0 Å². The quantitative estimate of drug-likeness (QED) is 0.807. The van der Waals surface area contributed by atoms with Gasteiger partial charge in [-0.2, -0.15) is 0 Å². The largest absolute Gasteiger partial charge is 0.352 e. The molecule has 1 aliphatic carbocycles. The van der Waals surface area contributed by atoms with Gasteiger partial charge in [-0.3, -0.25) is 9.59 Å². The third-order valence-electron chi connectivity index (χ3n) is 4.82. The lowest BCUT2D eigenvalue weighted by molar-refractivity contribution is -0.132. The molecule has 2 N–H and O–H groups in total. The fourth-order valence-electron chi connectivity index (χ4n) is 3.25. The van der Waals surface area contributed by atoms with Gasteiger partial charge in [0.25, 0.3) is 0 Å². The van der Waals surface area contributed by atoms with Crippen LogP contribution in [0.2, 0.25) is 0 Å². The number of carbonyl (C=O) groups excluding carboxylic acids is 2. The van der Waals surface area contributed by atoms with Crippen LogP contribution in [0.15, 0.2) is 66.7 Å². The van der Waals surface area contributed by atoms with E-state index in [0.29, 0.717) is 19.4 Å². The van der Waals surface area contributed by atoms with Gasteiger partial charge in [0.15, 0.2) is 0 Å². The molecule has 2 amide bonds. The summed E-state index contributed by atoms with van der Waals surface area (Å²) in [6.45, 7) is 2.44. The van der Waals surface area contributed by atoms with Crippen molar-refractivity contribution in [1.29, 1.82) is 0 Å². The van der Waals surface area contributed by atoms with E-state index in [1.165, 1.54) is 0 Å². The Hall–Kier alpha value is -2.88. The van der Waals surface area contributed by atoms with E-state index < -0.39 is 0 Å². The predicted molar refractivity (Wildman–Crippen MR) is 103 cm³/mol. The van der Waals surface area contributed by atoms with Crippen molar-refractivity contribution >= 4 is 17.5 Å². The summed E-state index contributed by atoms with van der Waals surface area (Å²) < 4.78 is 0. The van der Waals surface area contributed by atoms with Crippen LogP contribution in [0.1, 0.15) is 24.0 Å². The number of para-hydroxylation sites is 1. The van der Waals surface area contributed by atoms with Crippen LogP contribution in [0.4, 0.5) is 5.69 Å². The molecule has 26 heavy (non-hydrogen) atoms. The molecule has 0 saturated carbocycles. The number of hydrogen-bond donors (Lipinski definition) is 2. The Morgan fingerprint density at radius 3 is 2.19 bits per heavy atom. The zero-order chi connectivity index (χ0) is 18.4. The minimum atomic E-state index is -0.352. The maximum atomic E-state index is 12.8. The molecule has 0 bridgehead atoms. The van der Waals surface area contributed by atoms with Crippen LogP contribution in [-0.4, -0.2) is 11.8 Å². The highest BCUT2D eigenvalue weighted by Gasteiger charge is 2.34. The van der Waals surface area contributed by atoms with Crippen molar-refractivity contribution in [2.75, 3.05) is 5.32 Å². The lowest BCUT2D eigenvalue weighted by atomic mass is 9.81. The van der Waals surface area contributed by atoms with Gasteiger partial charge in [-0.05, 0) is 37.0 Å². The van der Waals surface area contributed by atoms with Crippen LogP contribution in [0.25, 0.3) is 0 Å². The molecule has 3 rings (SSSR count). The van der Waals surface area contributed by atoms with Crippen molar-refractivity contribution < 1.29 is 9.59 Å². The summed E-state index contributed by atoms with van der Waals surface area (Å²) in [4.78, 5) is 25.5. The third-order valence-corrected chi connectivity index (χ3v) is 4.82. The lowest BCUT2D eigenvalue weighted by Gasteiger charge is -2.27. The van der Waals surface area contributed by atoms with Crippen molar-refractivity contribution in [2.45, 2.75) is 26.3 Å². The average molecular weight is 348 g/mol. The summed E-state index contributed by atoms with van der Waals surface area (Å²) >= 11 is 0. The van der Waals surface area contributed by atoms with Crippen molar-refractivity contribution in [2.24, 2.45) is 11.8 Å². The van der Waals surface area contributed by atoms with Crippen LogP contribution < -0.4 is 10.6 Å². The average Bonchev–Trinajstić information content (AvgIpc) is 2.68. The monoisotopic (exact) mass is 348 g/mol. The Kier molecular flexibility index (Phi) is 5.84. The third kappa shape index (κ3) is 4.39. The molecule has 1 aliphatic rings. The number of aryl methyl sites for hydroxylation is 1. The van der Waals surface area contributed by atoms with Gasteiger partial charge in [0.05, 0.1) is 11.8 Å². The van der Waals surface area contributed by atoms with Crippen molar-refractivity contribution in [1.82, 2.24) is 5.32 Å². The molecule has 2 unspecified atom stereocenters. The number of anilines is 1. The molecule has 0 radical (unpaired) electrons. The highest BCUT2D eigenvalue weighted by molar-refractivity contribution is 5.96. The fraction of sp³-hybridized carbons (Fsp3) is 0.273. The summed E-state index contributed by atoms with van der Waals surface area (Å²) in [7, 11) is 0. The molecule has 0 spiro atoms. The number of allylic oxidation sites excluding steroid dienone is 2. The van der Waals surface area contributed by atoms with Crippen molar-refractivity contribution in [3.05, 3.63) is 77.9 Å². The molecule has 0 aliphatic heterocycles. The molecule has 0 fully saturated rings. The van der Waals surface area contributed by atoms with Gasteiger partial charge in [0.1, 0.15) is 0 Å². The summed E-state index contributed by atoms with van der Waals surface area (Å²) in [6, 6.07) is 17.5. The van der Waals surface area contributed by atoms with Gasteiger partial charge < -0.3 is 10.6 Å². The minimum Gasteiger partial charge on any atom is -0.352 e. The minimum absolute atomic E-state index is 0.0665. The van der Waals surface area contributed by atoms with Crippen LogP contribution in [0, 0.1) is 18.8 Å². The number of carbonyl (C=O) groups is 2. The highest BCUT2D eigenvalue weighted by Crippen LogP contribution is 2.28. The highest BCUT2D eigenvalue weighted by atomic mass is 16.2. The van der Waals surface area contributed by atoms with Crippen molar-refractivity contribution in [3.8, 4) is 0 Å². The SMILES string of the molecule is Cc1ccccc1NC(=O)C1CC=CCC1C(=O)NCc1ccccc1. The molecule has 0 heterocycles. The molecule has 4 nitrogen and oxygen atoms in total. The fourth-order valence-corrected chi connectivity index (χ4v) is 3.25. The lowest BCUT2D eigenvalue weighted by Crippen LogP contribution is -2.40. The number of nitrogens with one attached hydrogen (secondary N) is 2. The summed E-state index contributed by atoms with van der Waals surface area (Å²) in [5.41, 5.74) is 2.86. The van der Waals surface area contributed by atoms with Gasteiger partial charge in [0.2, 0.25) is 11.8 Å². The van der Waals surface area contributed by atoms with E-state index in [1.54, 1.807) is 0 Å². The van der Waals surface area contributed by atoms with E-state index in [1.807, 2.05) is 73.7 Å². The first kappa shape index (κ1) is 17.9.